The second kappa shape index (κ2) is 5.96. The van der Waals surface area contributed by atoms with Crippen LogP contribution in [0.5, 0.6) is 0 Å². The quantitative estimate of drug-likeness (QED) is 0.847. The number of halogens is 1. The number of amides is 1. The van der Waals surface area contributed by atoms with E-state index in [0.717, 1.165) is 15.8 Å². The van der Waals surface area contributed by atoms with Crippen molar-refractivity contribution in [2.24, 2.45) is 0 Å². The zero-order chi connectivity index (χ0) is 14.7. The van der Waals surface area contributed by atoms with Crippen molar-refractivity contribution in [3.8, 4) is 0 Å². The highest BCUT2D eigenvalue weighted by Gasteiger charge is 2.10. The summed E-state index contributed by atoms with van der Waals surface area (Å²) in [6.45, 7) is 0. The molecule has 0 aliphatic heterocycles. The lowest BCUT2D eigenvalue weighted by atomic mass is 10.1. The van der Waals surface area contributed by atoms with Crippen LogP contribution in [0.3, 0.4) is 0 Å². The SMILES string of the molecule is CN(C)c1ccc(NC(=O)c2cc(Br)ccc2N)cc1. The van der Waals surface area contributed by atoms with Crippen LogP contribution in [0, 0.1) is 0 Å². The first-order chi connectivity index (χ1) is 9.47. The van der Waals surface area contributed by atoms with Crippen LogP contribution in [-0.4, -0.2) is 20.0 Å². The maximum atomic E-state index is 12.2. The molecule has 0 radical (unpaired) electrons. The van der Waals surface area contributed by atoms with Crippen LogP contribution in [-0.2, 0) is 0 Å². The first-order valence-electron chi connectivity index (χ1n) is 6.11. The Hall–Kier alpha value is -2.01. The van der Waals surface area contributed by atoms with E-state index in [1.807, 2.05) is 43.3 Å². The molecule has 104 valence electrons. The Balaban J connectivity index is 2.17. The summed E-state index contributed by atoms with van der Waals surface area (Å²) in [4.78, 5) is 14.2. The second-order valence-corrected chi connectivity index (χ2v) is 5.54. The van der Waals surface area contributed by atoms with Crippen LogP contribution in [0.2, 0.25) is 0 Å². The van der Waals surface area contributed by atoms with Gasteiger partial charge in [-0.2, -0.15) is 0 Å². The van der Waals surface area contributed by atoms with Gasteiger partial charge in [0.25, 0.3) is 5.91 Å². The molecule has 5 heteroatoms. The molecule has 4 nitrogen and oxygen atoms in total. The van der Waals surface area contributed by atoms with Crippen LogP contribution < -0.4 is 16.0 Å². The molecule has 0 unspecified atom stereocenters. The summed E-state index contributed by atoms with van der Waals surface area (Å²) in [5.41, 5.74) is 8.54. The highest BCUT2D eigenvalue weighted by molar-refractivity contribution is 9.10. The van der Waals surface area contributed by atoms with Gasteiger partial charge in [-0.3, -0.25) is 4.79 Å². The monoisotopic (exact) mass is 333 g/mol. The number of hydrogen-bond acceptors (Lipinski definition) is 3. The molecule has 3 N–H and O–H groups in total. The fourth-order valence-electron chi connectivity index (χ4n) is 1.77. The van der Waals surface area contributed by atoms with Gasteiger partial charge in [-0.15, -0.1) is 0 Å². The van der Waals surface area contributed by atoms with Gasteiger partial charge in [-0.05, 0) is 42.5 Å². The number of nitrogens with one attached hydrogen (secondary N) is 1. The summed E-state index contributed by atoms with van der Waals surface area (Å²) >= 11 is 3.33. The minimum atomic E-state index is -0.221. The van der Waals surface area contributed by atoms with Gasteiger partial charge in [0, 0.05) is 35.6 Å². The Bertz CT molecular complexity index is 624. The third kappa shape index (κ3) is 3.30. The van der Waals surface area contributed by atoms with E-state index in [4.69, 9.17) is 5.73 Å². The largest absolute Gasteiger partial charge is 0.398 e. The lowest BCUT2D eigenvalue weighted by Gasteiger charge is -2.13. The van der Waals surface area contributed by atoms with Crippen molar-refractivity contribution in [3.63, 3.8) is 0 Å². The predicted octanol–water partition coefficient (Wildman–Crippen LogP) is 3.35. The number of nitrogens with zero attached hydrogens (tertiary/aromatic N) is 1. The first kappa shape index (κ1) is 14.4. The van der Waals surface area contributed by atoms with Crippen molar-refractivity contribution in [2.75, 3.05) is 30.0 Å². The summed E-state index contributed by atoms with van der Waals surface area (Å²) in [6, 6.07) is 12.8. The lowest BCUT2D eigenvalue weighted by Crippen LogP contribution is -2.14. The number of benzene rings is 2. The van der Waals surface area contributed by atoms with Crippen molar-refractivity contribution in [3.05, 3.63) is 52.5 Å². The fraction of sp³-hybridized carbons (Fsp3) is 0.133. The van der Waals surface area contributed by atoms with Crippen LogP contribution in [0.15, 0.2) is 46.9 Å². The van der Waals surface area contributed by atoms with Crippen molar-refractivity contribution in [2.45, 2.75) is 0 Å². The fourth-order valence-corrected chi connectivity index (χ4v) is 2.13. The van der Waals surface area contributed by atoms with Gasteiger partial charge in [0.05, 0.1) is 5.56 Å². The number of nitrogen functional groups attached to an aromatic ring is 1. The molecular formula is C15H16BrN3O. The van der Waals surface area contributed by atoms with E-state index in [-0.39, 0.29) is 5.91 Å². The Kier molecular flexibility index (Phi) is 4.29. The molecule has 2 rings (SSSR count). The lowest BCUT2D eigenvalue weighted by molar-refractivity contribution is 0.102. The zero-order valence-corrected chi connectivity index (χ0v) is 12.9. The maximum Gasteiger partial charge on any atom is 0.257 e. The smallest absolute Gasteiger partial charge is 0.257 e. The van der Waals surface area contributed by atoms with Crippen molar-refractivity contribution >= 4 is 38.9 Å². The van der Waals surface area contributed by atoms with Gasteiger partial charge in [0.2, 0.25) is 0 Å². The van der Waals surface area contributed by atoms with E-state index in [2.05, 4.69) is 21.2 Å². The second-order valence-electron chi connectivity index (χ2n) is 4.63. The van der Waals surface area contributed by atoms with E-state index < -0.39 is 0 Å². The minimum absolute atomic E-state index is 0.221. The Morgan fingerprint density at radius 1 is 1.15 bits per heavy atom. The number of hydrogen-bond donors (Lipinski definition) is 2. The molecular weight excluding hydrogens is 318 g/mol. The van der Waals surface area contributed by atoms with E-state index in [9.17, 15) is 4.79 Å². The molecule has 20 heavy (non-hydrogen) atoms. The van der Waals surface area contributed by atoms with Gasteiger partial charge in [-0.25, -0.2) is 0 Å². The van der Waals surface area contributed by atoms with Crippen LogP contribution in [0.25, 0.3) is 0 Å². The molecule has 0 aliphatic rings. The summed E-state index contributed by atoms with van der Waals surface area (Å²) < 4.78 is 0.819. The molecule has 2 aromatic carbocycles. The average molecular weight is 334 g/mol. The van der Waals surface area contributed by atoms with Gasteiger partial charge in [-0.1, -0.05) is 15.9 Å². The van der Waals surface area contributed by atoms with E-state index in [1.54, 1.807) is 18.2 Å². The number of anilines is 3. The van der Waals surface area contributed by atoms with Gasteiger partial charge < -0.3 is 16.0 Å². The van der Waals surface area contributed by atoms with E-state index in [1.165, 1.54) is 0 Å². The van der Waals surface area contributed by atoms with Crippen LogP contribution in [0.4, 0.5) is 17.1 Å². The molecule has 0 spiro atoms. The Labute approximate surface area is 126 Å². The zero-order valence-electron chi connectivity index (χ0n) is 11.4. The van der Waals surface area contributed by atoms with Crippen LogP contribution >= 0.6 is 15.9 Å². The van der Waals surface area contributed by atoms with E-state index in [0.29, 0.717) is 11.3 Å². The number of nitrogens with two attached hydrogens (primary N) is 1. The third-order valence-corrected chi connectivity index (χ3v) is 3.39. The minimum Gasteiger partial charge on any atom is -0.398 e. The Morgan fingerprint density at radius 3 is 2.40 bits per heavy atom. The molecule has 0 fully saturated rings. The molecule has 0 heterocycles. The molecule has 0 aliphatic carbocycles. The molecule has 0 saturated carbocycles. The highest BCUT2D eigenvalue weighted by Crippen LogP contribution is 2.21. The van der Waals surface area contributed by atoms with Gasteiger partial charge in [0.1, 0.15) is 0 Å². The van der Waals surface area contributed by atoms with Crippen LogP contribution in [0.1, 0.15) is 10.4 Å². The van der Waals surface area contributed by atoms with Crippen molar-refractivity contribution < 1.29 is 4.79 Å². The molecule has 0 bridgehead atoms. The summed E-state index contributed by atoms with van der Waals surface area (Å²) in [6.07, 6.45) is 0. The number of rotatable bonds is 3. The predicted molar refractivity (Wildman–Crippen MR) is 87.3 cm³/mol. The van der Waals surface area contributed by atoms with Gasteiger partial charge in [0.15, 0.2) is 0 Å². The number of carbonyl (C=O) groups is 1. The summed E-state index contributed by atoms with van der Waals surface area (Å²) in [5.74, 6) is -0.221. The van der Waals surface area contributed by atoms with Gasteiger partial charge >= 0.3 is 0 Å². The molecule has 0 saturated heterocycles. The molecule has 0 atom stereocenters. The van der Waals surface area contributed by atoms with E-state index >= 15 is 0 Å². The molecule has 1 amide bonds. The third-order valence-electron chi connectivity index (χ3n) is 2.90. The highest BCUT2D eigenvalue weighted by atomic mass is 79.9. The summed E-state index contributed by atoms with van der Waals surface area (Å²) in [5, 5.41) is 2.83. The normalized spacial score (nSPS) is 10.2. The number of carbonyl (C=O) groups excluding carboxylic acids is 1. The average Bonchev–Trinajstić information content (AvgIpc) is 2.42. The van der Waals surface area contributed by atoms with Crippen molar-refractivity contribution in [1.29, 1.82) is 0 Å². The standard InChI is InChI=1S/C15H16BrN3O/c1-19(2)12-6-4-11(5-7-12)18-15(20)13-9-10(16)3-8-14(13)17/h3-9H,17H2,1-2H3,(H,18,20). The Morgan fingerprint density at radius 2 is 1.80 bits per heavy atom. The molecule has 0 aromatic heterocycles. The first-order valence-corrected chi connectivity index (χ1v) is 6.90. The maximum absolute atomic E-state index is 12.2. The summed E-state index contributed by atoms with van der Waals surface area (Å²) in [7, 11) is 3.94. The topological polar surface area (TPSA) is 58.4 Å². The molecule has 2 aromatic rings. The van der Waals surface area contributed by atoms with Crippen molar-refractivity contribution in [1.82, 2.24) is 0 Å².